The molecule has 3 rings (SSSR count). The summed E-state index contributed by atoms with van der Waals surface area (Å²) < 4.78 is 11.1. The summed E-state index contributed by atoms with van der Waals surface area (Å²) >= 11 is 0. The van der Waals surface area contributed by atoms with Gasteiger partial charge in [-0.15, -0.1) is 0 Å². The first kappa shape index (κ1) is 25.3. The van der Waals surface area contributed by atoms with E-state index in [2.05, 4.69) is 0 Å². The van der Waals surface area contributed by atoms with Gasteiger partial charge in [-0.1, -0.05) is 54.6 Å². The first-order valence-corrected chi connectivity index (χ1v) is 11.6. The maximum Gasteiger partial charge on any atom is 0.306 e. The number of benzene rings is 3. The van der Waals surface area contributed by atoms with E-state index >= 15 is 0 Å². The summed E-state index contributed by atoms with van der Waals surface area (Å²) in [6.45, 7) is 5.98. The van der Waals surface area contributed by atoms with E-state index in [4.69, 9.17) is 9.47 Å². The van der Waals surface area contributed by atoms with Gasteiger partial charge < -0.3 is 19.5 Å². The van der Waals surface area contributed by atoms with Crippen LogP contribution in [-0.4, -0.2) is 37.4 Å². The van der Waals surface area contributed by atoms with Crippen molar-refractivity contribution in [1.29, 1.82) is 0 Å². The van der Waals surface area contributed by atoms with E-state index < -0.39 is 11.2 Å². The first-order chi connectivity index (χ1) is 16.1. The van der Waals surface area contributed by atoms with Crippen LogP contribution < -0.4 is 9.64 Å². The highest BCUT2D eigenvalue weighted by Gasteiger charge is 2.33. The SMILES string of the molecule is CN(C)c1ccc(C(O)(c2ccccc2)c2ccc(OCCCC(=O)OC(C)(C)C)cc2)cc1. The van der Waals surface area contributed by atoms with Gasteiger partial charge in [-0.2, -0.15) is 0 Å². The lowest BCUT2D eigenvalue weighted by Gasteiger charge is -2.30. The van der Waals surface area contributed by atoms with Gasteiger partial charge in [0.05, 0.1) is 6.61 Å². The molecule has 0 heterocycles. The van der Waals surface area contributed by atoms with Crippen molar-refractivity contribution in [2.45, 2.75) is 44.8 Å². The molecule has 0 aliphatic heterocycles. The van der Waals surface area contributed by atoms with Gasteiger partial charge in [0.25, 0.3) is 0 Å². The van der Waals surface area contributed by atoms with Crippen LogP contribution in [0.5, 0.6) is 5.75 Å². The lowest BCUT2D eigenvalue weighted by Crippen LogP contribution is -2.28. The smallest absolute Gasteiger partial charge is 0.306 e. The van der Waals surface area contributed by atoms with Crippen molar-refractivity contribution < 1.29 is 19.4 Å². The third-order valence-electron chi connectivity index (χ3n) is 5.48. The molecule has 0 fully saturated rings. The van der Waals surface area contributed by atoms with Crippen molar-refractivity contribution in [1.82, 2.24) is 0 Å². The summed E-state index contributed by atoms with van der Waals surface area (Å²) in [6, 6.07) is 25.1. The fourth-order valence-corrected chi connectivity index (χ4v) is 3.77. The van der Waals surface area contributed by atoms with Gasteiger partial charge >= 0.3 is 5.97 Å². The molecule has 5 nitrogen and oxygen atoms in total. The zero-order chi connectivity index (χ0) is 24.8. The van der Waals surface area contributed by atoms with E-state index in [1.807, 2.05) is 119 Å². The summed E-state index contributed by atoms with van der Waals surface area (Å²) in [7, 11) is 3.98. The van der Waals surface area contributed by atoms with Crippen molar-refractivity contribution >= 4 is 11.7 Å². The van der Waals surface area contributed by atoms with E-state index in [1.54, 1.807) is 0 Å². The van der Waals surface area contributed by atoms with E-state index in [0.717, 1.165) is 22.4 Å². The number of ether oxygens (including phenoxy) is 2. The largest absolute Gasteiger partial charge is 0.494 e. The Morgan fingerprint density at radius 3 is 1.88 bits per heavy atom. The molecule has 0 aromatic heterocycles. The molecule has 180 valence electrons. The Hall–Kier alpha value is -3.31. The minimum atomic E-state index is -1.30. The molecule has 1 N–H and O–H groups in total. The number of rotatable bonds is 9. The maximum absolute atomic E-state index is 12.0. The van der Waals surface area contributed by atoms with Crippen LogP contribution in [0.25, 0.3) is 0 Å². The summed E-state index contributed by atoms with van der Waals surface area (Å²) in [5, 5.41) is 12.0. The van der Waals surface area contributed by atoms with Crippen molar-refractivity contribution in [3.63, 3.8) is 0 Å². The van der Waals surface area contributed by atoms with Gasteiger partial charge in [0.1, 0.15) is 17.0 Å². The quantitative estimate of drug-likeness (QED) is 0.258. The van der Waals surface area contributed by atoms with Crippen LogP contribution in [0.4, 0.5) is 5.69 Å². The zero-order valence-corrected chi connectivity index (χ0v) is 20.7. The molecule has 3 aromatic carbocycles. The average molecular weight is 462 g/mol. The topological polar surface area (TPSA) is 59.0 Å². The molecular formula is C29H35NO4. The van der Waals surface area contributed by atoms with Crippen LogP contribution in [0.15, 0.2) is 78.9 Å². The molecule has 1 atom stereocenters. The van der Waals surface area contributed by atoms with Crippen LogP contribution in [-0.2, 0) is 15.1 Å². The minimum Gasteiger partial charge on any atom is -0.494 e. The third kappa shape index (κ3) is 6.39. The lowest BCUT2D eigenvalue weighted by molar-refractivity contribution is -0.155. The van der Waals surface area contributed by atoms with Crippen molar-refractivity contribution in [2.24, 2.45) is 0 Å². The zero-order valence-electron chi connectivity index (χ0n) is 20.7. The minimum absolute atomic E-state index is 0.223. The molecule has 34 heavy (non-hydrogen) atoms. The van der Waals surface area contributed by atoms with Crippen LogP contribution in [0.1, 0.15) is 50.3 Å². The molecule has 0 aliphatic carbocycles. The molecule has 0 saturated heterocycles. The highest BCUT2D eigenvalue weighted by Crippen LogP contribution is 2.37. The van der Waals surface area contributed by atoms with Crippen molar-refractivity contribution in [2.75, 3.05) is 25.6 Å². The van der Waals surface area contributed by atoms with Gasteiger partial charge in [-0.3, -0.25) is 4.79 Å². The molecule has 0 radical (unpaired) electrons. The highest BCUT2D eigenvalue weighted by atomic mass is 16.6. The number of hydrogen-bond acceptors (Lipinski definition) is 5. The Morgan fingerprint density at radius 1 is 0.824 bits per heavy atom. The van der Waals surface area contributed by atoms with Crippen LogP contribution in [0.2, 0.25) is 0 Å². The monoisotopic (exact) mass is 461 g/mol. The molecule has 1 unspecified atom stereocenters. The Labute approximate surface area is 203 Å². The molecule has 0 saturated carbocycles. The molecule has 3 aromatic rings. The number of anilines is 1. The number of carbonyl (C=O) groups excluding carboxylic acids is 1. The van der Waals surface area contributed by atoms with E-state index in [1.165, 1.54) is 0 Å². The number of carbonyl (C=O) groups is 1. The van der Waals surface area contributed by atoms with Crippen molar-refractivity contribution in [3.8, 4) is 5.75 Å². The summed E-state index contributed by atoms with van der Waals surface area (Å²) in [5.41, 5.74) is 1.61. The van der Waals surface area contributed by atoms with Crippen molar-refractivity contribution in [3.05, 3.63) is 95.6 Å². The predicted octanol–water partition coefficient (Wildman–Crippen LogP) is 5.54. The summed E-state index contributed by atoms with van der Waals surface area (Å²) in [5.74, 6) is 0.464. The Bertz CT molecular complexity index is 1050. The van der Waals surface area contributed by atoms with E-state index in [0.29, 0.717) is 25.2 Å². The Morgan fingerprint density at radius 2 is 1.35 bits per heavy atom. The lowest BCUT2D eigenvalue weighted by atomic mass is 9.80. The van der Waals surface area contributed by atoms with Gasteiger partial charge in [0.2, 0.25) is 0 Å². The van der Waals surface area contributed by atoms with Crippen LogP contribution in [0, 0.1) is 0 Å². The van der Waals surface area contributed by atoms with E-state index in [-0.39, 0.29) is 5.97 Å². The van der Waals surface area contributed by atoms with Gasteiger partial charge in [-0.05, 0) is 68.1 Å². The second-order valence-electron chi connectivity index (χ2n) is 9.58. The fraction of sp³-hybridized carbons (Fsp3) is 0.345. The normalized spacial score (nSPS) is 13.1. The number of nitrogens with zero attached hydrogens (tertiary/aromatic N) is 1. The molecular weight excluding hydrogens is 426 g/mol. The predicted molar refractivity (Wildman–Crippen MR) is 136 cm³/mol. The van der Waals surface area contributed by atoms with Crippen LogP contribution >= 0.6 is 0 Å². The van der Waals surface area contributed by atoms with Gasteiger partial charge in [0.15, 0.2) is 0 Å². The van der Waals surface area contributed by atoms with Gasteiger partial charge in [-0.25, -0.2) is 0 Å². The second-order valence-corrected chi connectivity index (χ2v) is 9.58. The first-order valence-electron chi connectivity index (χ1n) is 11.6. The fourth-order valence-electron chi connectivity index (χ4n) is 3.77. The molecule has 0 spiro atoms. The standard InChI is InChI=1S/C29H35NO4/c1-28(2,3)34-27(31)12-9-21-33-26-19-15-24(16-20-26)29(32,22-10-7-6-8-11-22)23-13-17-25(18-14-23)30(4)5/h6-8,10-11,13-20,32H,9,12,21H2,1-5H3. The molecule has 0 amide bonds. The number of aliphatic hydroxyl groups is 1. The van der Waals surface area contributed by atoms with E-state index in [9.17, 15) is 9.90 Å². The Kier molecular flexibility index (Phi) is 8.00. The van der Waals surface area contributed by atoms with Gasteiger partial charge in [0, 0.05) is 26.2 Å². The average Bonchev–Trinajstić information content (AvgIpc) is 2.81. The number of hydrogen-bond donors (Lipinski definition) is 1. The molecule has 0 bridgehead atoms. The summed E-state index contributed by atoms with van der Waals surface area (Å²) in [4.78, 5) is 13.9. The molecule has 0 aliphatic rings. The van der Waals surface area contributed by atoms with Crippen LogP contribution in [0.3, 0.4) is 0 Å². The Balaban J connectivity index is 1.75. The summed E-state index contributed by atoms with van der Waals surface area (Å²) in [6.07, 6.45) is 0.884. The highest BCUT2D eigenvalue weighted by molar-refractivity contribution is 5.69. The third-order valence-corrected chi connectivity index (χ3v) is 5.48. The number of esters is 1. The second kappa shape index (κ2) is 10.7. The molecule has 5 heteroatoms. The maximum atomic E-state index is 12.0.